The van der Waals surface area contributed by atoms with Gasteiger partial charge >= 0.3 is 0 Å². The SMILES string of the molecule is CCNC1CCC(C)CC1CN(CC)c1ccccc1. The van der Waals surface area contributed by atoms with E-state index in [4.69, 9.17) is 0 Å². The third-order valence-electron chi connectivity index (χ3n) is 4.67. The van der Waals surface area contributed by atoms with Gasteiger partial charge in [0.05, 0.1) is 0 Å². The lowest BCUT2D eigenvalue weighted by Crippen LogP contribution is -2.45. The zero-order valence-corrected chi connectivity index (χ0v) is 13.3. The van der Waals surface area contributed by atoms with Crippen LogP contribution in [0.15, 0.2) is 30.3 Å². The average Bonchev–Trinajstić information content (AvgIpc) is 2.48. The number of benzene rings is 1. The molecule has 0 bridgehead atoms. The van der Waals surface area contributed by atoms with Crippen molar-refractivity contribution >= 4 is 5.69 Å². The first kappa shape index (κ1) is 15.4. The Morgan fingerprint density at radius 3 is 2.55 bits per heavy atom. The Bertz CT molecular complexity index is 376. The van der Waals surface area contributed by atoms with Gasteiger partial charge in [0, 0.05) is 24.8 Å². The number of nitrogens with zero attached hydrogens (tertiary/aromatic N) is 1. The maximum Gasteiger partial charge on any atom is 0.0366 e. The van der Waals surface area contributed by atoms with E-state index in [2.05, 4.69) is 61.3 Å². The van der Waals surface area contributed by atoms with Gasteiger partial charge < -0.3 is 10.2 Å². The van der Waals surface area contributed by atoms with Crippen LogP contribution in [-0.4, -0.2) is 25.7 Å². The zero-order chi connectivity index (χ0) is 14.4. The molecule has 1 fully saturated rings. The van der Waals surface area contributed by atoms with Gasteiger partial charge in [-0.15, -0.1) is 0 Å². The summed E-state index contributed by atoms with van der Waals surface area (Å²) >= 11 is 0. The summed E-state index contributed by atoms with van der Waals surface area (Å²) < 4.78 is 0. The molecule has 0 amide bonds. The summed E-state index contributed by atoms with van der Waals surface area (Å²) in [6, 6.07) is 11.6. The first-order chi connectivity index (χ1) is 9.74. The van der Waals surface area contributed by atoms with Gasteiger partial charge in [0.1, 0.15) is 0 Å². The topological polar surface area (TPSA) is 15.3 Å². The van der Waals surface area contributed by atoms with E-state index in [0.29, 0.717) is 6.04 Å². The van der Waals surface area contributed by atoms with Crippen LogP contribution in [0.3, 0.4) is 0 Å². The summed E-state index contributed by atoms with van der Waals surface area (Å²) in [5, 5.41) is 3.71. The molecule has 0 saturated heterocycles. The molecule has 112 valence electrons. The average molecular weight is 274 g/mol. The number of rotatable bonds is 6. The maximum absolute atomic E-state index is 3.71. The van der Waals surface area contributed by atoms with Gasteiger partial charge in [-0.1, -0.05) is 32.0 Å². The highest BCUT2D eigenvalue weighted by atomic mass is 15.1. The molecule has 0 spiro atoms. The molecule has 1 aliphatic carbocycles. The summed E-state index contributed by atoms with van der Waals surface area (Å²) in [4.78, 5) is 2.53. The second-order valence-electron chi connectivity index (χ2n) is 6.22. The summed E-state index contributed by atoms with van der Waals surface area (Å²) in [5.74, 6) is 1.66. The van der Waals surface area contributed by atoms with Gasteiger partial charge in [-0.3, -0.25) is 0 Å². The van der Waals surface area contributed by atoms with E-state index in [1.54, 1.807) is 0 Å². The van der Waals surface area contributed by atoms with Crippen molar-refractivity contribution < 1.29 is 0 Å². The Hall–Kier alpha value is -1.02. The highest BCUT2D eigenvalue weighted by molar-refractivity contribution is 5.45. The lowest BCUT2D eigenvalue weighted by molar-refractivity contribution is 0.218. The summed E-state index contributed by atoms with van der Waals surface area (Å²) in [6.45, 7) is 10.3. The van der Waals surface area contributed by atoms with Crippen molar-refractivity contribution in [2.75, 3.05) is 24.5 Å². The standard InChI is InChI=1S/C18H30N2/c1-4-19-18-12-11-15(3)13-16(18)14-20(5-2)17-9-7-6-8-10-17/h6-10,15-16,18-19H,4-5,11-14H2,1-3H3. The van der Waals surface area contributed by atoms with E-state index in [9.17, 15) is 0 Å². The number of nitrogens with one attached hydrogen (secondary N) is 1. The fourth-order valence-corrected chi connectivity index (χ4v) is 3.57. The maximum atomic E-state index is 3.71. The number of anilines is 1. The Labute approximate surface area is 124 Å². The van der Waals surface area contributed by atoms with Crippen LogP contribution < -0.4 is 10.2 Å². The predicted molar refractivity (Wildman–Crippen MR) is 88.3 cm³/mol. The first-order valence-electron chi connectivity index (χ1n) is 8.28. The quantitative estimate of drug-likeness (QED) is 0.845. The Morgan fingerprint density at radius 2 is 1.90 bits per heavy atom. The lowest BCUT2D eigenvalue weighted by Gasteiger charge is -2.39. The van der Waals surface area contributed by atoms with Gasteiger partial charge in [0.25, 0.3) is 0 Å². The fraction of sp³-hybridized carbons (Fsp3) is 0.667. The van der Waals surface area contributed by atoms with Crippen molar-refractivity contribution in [1.29, 1.82) is 0 Å². The molecule has 0 aliphatic heterocycles. The summed E-state index contributed by atoms with van der Waals surface area (Å²) in [6.07, 6.45) is 4.08. The molecular weight excluding hydrogens is 244 g/mol. The molecule has 0 heterocycles. The lowest BCUT2D eigenvalue weighted by atomic mass is 9.78. The second kappa shape index (κ2) is 7.68. The molecule has 3 unspecified atom stereocenters. The monoisotopic (exact) mass is 274 g/mol. The zero-order valence-electron chi connectivity index (χ0n) is 13.3. The highest BCUT2D eigenvalue weighted by Gasteiger charge is 2.29. The third-order valence-corrected chi connectivity index (χ3v) is 4.67. The van der Waals surface area contributed by atoms with E-state index in [0.717, 1.165) is 24.9 Å². The predicted octanol–water partition coefficient (Wildman–Crippen LogP) is 3.93. The molecule has 3 atom stereocenters. The Morgan fingerprint density at radius 1 is 1.15 bits per heavy atom. The van der Waals surface area contributed by atoms with E-state index in [1.165, 1.54) is 31.5 Å². The number of para-hydroxylation sites is 1. The molecule has 0 aromatic heterocycles. The van der Waals surface area contributed by atoms with Crippen molar-refractivity contribution in [1.82, 2.24) is 5.32 Å². The van der Waals surface area contributed by atoms with Crippen LogP contribution in [0.1, 0.15) is 40.0 Å². The van der Waals surface area contributed by atoms with Gasteiger partial charge in [-0.05, 0) is 56.7 Å². The van der Waals surface area contributed by atoms with Crippen LogP contribution in [0.5, 0.6) is 0 Å². The minimum atomic E-state index is 0.703. The molecule has 1 aromatic carbocycles. The Balaban J connectivity index is 2.03. The minimum absolute atomic E-state index is 0.703. The van der Waals surface area contributed by atoms with Crippen molar-refractivity contribution in [3.63, 3.8) is 0 Å². The van der Waals surface area contributed by atoms with Crippen LogP contribution in [0, 0.1) is 11.8 Å². The molecule has 2 rings (SSSR count). The molecule has 0 radical (unpaired) electrons. The van der Waals surface area contributed by atoms with Crippen LogP contribution in [-0.2, 0) is 0 Å². The van der Waals surface area contributed by atoms with Crippen LogP contribution in [0.25, 0.3) is 0 Å². The van der Waals surface area contributed by atoms with Crippen LogP contribution >= 0.6 is 0 Å². The number of hydrogen-bond donors (Lipinski definition) is 1. The first-order valence-corrected chi connectivity index (χ1v) is 8.28. The molecule has 2 nitrogen and oxygen atoms in total. The van der Waals surface area contributed by atoms with Gasteiger partial charge in [0.15, 0.2) is 0 Å². The fourth-order valence-electron chi connectivity index (χ4n) is 3.57. The van der Waals surface area contributed by atoms with Crippen molar-refractivity contribution in [3.05, 3.63) is 30.3 Å². The largest absolute Gasteiger partial charge is 0.371 e. The molecule has 2 heteroatoms. The van der Waals surface area contributed by atoms with Crippen LogP contribution in [0.2, 0.25) is 0 Å². The van der Waals surface area contributed by atoms with Crippen molar-refractivity contribution in [3.8, 4) is 0 Å². The highest BCUT2D eigenvalue weighted by Crippen LogP contribution is 2.30. The molecule has 1 saturated carbocycles. The van der Waals surface area contributed by atoms with Gasteiger partial charge in [-0.25, -0.2) is 0 Å². The summed E-state index contributed by atoms with van der Waals surface area (Å²) in [5.41, 5.74) is 1.36. The normalized spacial score (nSPS) is 26.4. The Kier molecular flexibility index (Phi) is 5.90. The summed E-state index contributed by atoms with van der Waals surface area (Å²) in [7, 11) is 0. The molecule has 20 heavy (non-hydrogen) atoms. The van der Waals surface area contributed by atoms with E-state index in [-0.39, 0.29) is 0 Å². The van der Waals surface area contributed by atoms with Gasteiger partial charge in [-0.2, -0.15) is 0 Å². The molecule has 1 aromatic rings. The van der Waals surface area contributed by atoms with Crippen LogP contribution in [0.4, 0.5) is 5.69 Å². The smallest absolute Gasteiger partial charge is 0.0366 e. The van der Waals surface area contributed by atoms with Gasteiger partial charge in [0.2, 0.25) is 0 Å². The van der Waals surface area contributed by atoms with Crippen molar-refractivity contribution in [2.45, 2.75) is 46.1 Å². The molecule has 1 N–H and O–H groups in total. The molecule has 1 aliphatic rings. The van der Waals surface area contributed by atoms with E-state index >= 15 is 0 Å². The number of hydrogen-bond acceptors (Lipinski definition) is 2. The van der Waals surface area contributed by atoms with E-state index < -0.39 is 0 Å². The minimum Gasteiger partial charge on any atom is -0.371 e. The third kappa shape index (κ3) is 3.99. The van der Waals surface area contributed by atoms with Crippen molar-refractivity contribution in [2.24, 2.45) is 11.8 Å². The molecular formula is C18H30N2. The van der Waals surface area contributed by atoms with E-state index in [1.807, 2.05) is 0 Å². The second-order valence-corrected chi connectivity index (χ2v) is 6.22.